The number of benzene rings is 2. The predicted octanol–water partition coefficient (Wildman–Crippen LogP) is 4.64. The second-order valence-corrected chi connectivity index (χ2v) is 10.2. The first-order valence-corrected chi connectivity index (χ1v) is 12.9. The van der Waals surface area contributed by atoms with Crippen LogP contribution in [-0.4, -0.2) is 43.3 Å². The fourth-order valence-electron chi connectivity index (χ4n) is 3.64. The smallest absolute Gasteiger partial charge is 0.257 e. The lowest BCUT2D eigenvalue weighted by Gasteiger charge is -2.26. The molecule has 1 N–H and O–H groups in total. The maximum atomic E-state index is 12.9. The highest BCUT2D eigenvalue weighted by molar-refractivity contribution is 7.89. The molecule has 0 radical (unpaired) electrons. The fourth-order valence-corrected chi connectivity index (χ4v) is 5.90. The van der Waals surface area contributed by atoms with Crippen LogP contribution in [0.25, 0.3) is 11.3 Å². The number of para-hydroxylation sites is 1. The number of hydrogen-bond acceptors (Lipinski definition) is 6. The Labute approximate surface area is 192 Å². The van der Waals surface area contributed by atoms with E-state index in [4.69, 9.17) is 4.74 Å². The Balaban J connectivity index is 1.51. The fraction of sp³-hybridized carbons (Fsp3) is 0.304. The minimum absolute atomic E-state index is 0.137. The van der Waals surface area contributed by atoms with Gasteiger partial charge in [0.05, 0.1) is 17.2 Å². The molecule has 1 fully saturated rings. The van der Waals surface area contributed by atoms with E-state index in [0.29, 0.717) is 30.5 Å². The summed E-state index contributed by atoms with van der Waals surface area (Å²) in [5.74, 6) is 0.327. The first-order chi connectivity index (χ1) is 15.5. The number of carbonyl (C=O) groups excluding carboxylic acids is 1. The van der Waals surface area contributed by atoms with Gasteiger partial charge in [-0.15, -0.1) is 11.3 Å². The summed E-state index contributed by atoms with van der Waals surface area (Å²) in [5, 5.41) is 5.06. The molecule has 32 heavy (non-hydrogen) atoms. The van der Waals surface area contributed by atoms with Crippen molar-refractivity contribution in [3.05, 3.63) is 59.5 Å². The Morgan fingerprint density at radius 2 is 1.91 bits per heavy atom. The van der Waals surface area contributed by atoms with Gasteiger partial charge in [-0.05, 0) is 50.1 Å². The van der Waals surface area contributed by atoms with Gasteiger partial charge in [0.1, 0.15) is 5.75 Å². The number of nitrogens with zero attached hydrogens (tertiary/aromatic N) is 2. The third-order valence-electron chi connectivity index (χ3n) is 5.24. The number of amides is 1. The highest BCUT2D eigenvalue weighted by Gasteiger charge is 2.26. The molecule has 1 amide bonds. The number of carbonyl (C=O) groups is 1. The molecule has 0 saturated carbocycles. The highest BCUT2D eigenvalue weighted by atomic mass is 32.2. The summed E-state index contributed by atoms with van der Waals surface area (Å²) in [7, 11) is -3.61. The van der Waals surface area contributed by atoms with Crippen molar-refractivity contribution in [2.45, 2.75) is 31.1 Å². The molecule has 0 bridgehead atoms. The summed E-state index contributed by atoms with van der Waals surface area (Å²) < 4.78 is 33.0. The molecule has 168 valence electrons. The lowest BCUT2D eigenvalue weighted by Crippen LogP contribution is -2.35. The number of sulfonamides is 1. The van der Waals surface area contributed by atoms with E-state index in [1.165, 1.54) is 27.8 Å². The van der Waals surface area contributed by atoms with Crippen molar-refractivity contribution in [1.29, 1.82) is 0 Å². The number of nitrogens with one attached hydrogen (secondary N) is 1. The Kier molecular flexibility index (Phi) is 6.88. The van der Waals surface area contributed by atoms with Crippen molar-refractivity contribution < 1.29 is 17.9 Å². The van der Waals surface area contributed by atoms with Crippen LogP contribution >= 0.6 is 11.3 Å². The van der Waals surface area contributed by atoms with Gasteiger partial charge < -0.3 is 4.74 Å². The second-order valence-electron chi connectivity index (χ2n) is 7.41. The van der Waals surface area contributed by atoms with Crippen LogP contribution in [0, 0.1) is 0 Å². The van der Waals surface area contributed by atoms with Gasteiger partial charge in [-0.1, -0.05) is 24.6 Å². The molecule has 3 aromatic rings. The van der Waals surface area contributed by atoms with Crippen molar-refractivity contribution in [3.8, 4) is 17.0 Å². The van der Waals surface area contributed by atoms with Crippen molar-refractivity contribution in [2.75, 3.05) is 25.0 Å². The molecule has 0 unspecified atom stereocenters. The summed E-state index contributed by atoms with van der Waals surface area (Å²) in [4.78, 5) is 17.5. The minimum Gasteiger partial charge on any atom is -0.493 e. The van der Waals surface area contributed by atoms with Gasteiger partial charge in [0.25, 0.3) is 5.91 Å². The Bertz CT molecular complexity index is 1200. The van der Waals surface area contributed by atoms with Crippen LogP contribution in [0.15, 0.2) is 58.8 Å². The second kappa shape index (κ2) is 9.81. The zero-order valence-electron chi connectivity index (χ0n) is 17.8. The van der Waals surface area contributed by atoms with Gasteiger partial charge >= 0.3 is 0 Å². The molecule has 0 aliphatic carbocycles. The van der Waals surface area contributed by atoms with Gasteiger partial charge in [-0.2, -0.15) is 4.31 Å². The van der Waals surface area contributed by atoms with E-state index in [1.54, 1.807) is 12.1 Å². The summed E-state index contributed by atoms with van der Waals surface area (Å²) in [6.45, 7) is 3.50. The first-order valence-electron chi connectivity index (χ1n) is 10.6. The van der Waals surface area contributed by atoms with Gasteiger partial charge in [0.15, 0.2) is 5.13 Å². The van der Waals surface area contributed by atoms with Gasteiger partial charge in [-0.25, -0.2) is 13.4 Å². The van der Waals surface area contributed by atoms with E-state index >= 15 is 0 Å². The molecular formula is C23H25N3O4S2. The number of rotatable bonds is 7. The average Bonchev–Trinajstić information content (AvgIpc) is 3.28. The number of aromatic nitrogens is 1. The molecule has 2 aromatic carbocycles. The van der Waals surface area contributed by atoms with Crippen molar-refractivity contribution in [3.63, 3.8) is 0 Å². The molecule has 0 spiro atoms. The Hall–Kier alpha value is -2.75. The summed E-state index contributed by atoms with van der Waals surface area (Å²) in [6, 6.07) is 13.8. The zero-order chi connectivity index (χ0) is 22.6. The molecular weight excluding hydrogens is 446 g/mol. The maximum absolute atomic E-state index is 12.9. The number of anilines is 1. The molecule has 7 nitrogen and oxygen atoms in total. The van der Waals surface area contributed by atoms with Crippen LogP contribution in [0.3, 0.4) is 0 Å². The van der Waals surface area contributed by atoms with E-state index in [-0.39, 0.29) is 10.5 Å². The SMILES string of the molecule is CCOc1ccccc1-c1csc(NC(=O)c2cccc(S(=O)(=O)N3CCCCC3)c2)n1. The van der Waals surface area contributed by atoms with E-state index < -0.39 is 15.9 Å². The van der Waals surface area contributed by atoms with Crippen LogP contribution in [0.4, 0.5) is 5.13 Å². The van der Waals surface area contributed by atoms with Crippen molar-refractivity contribution in [2.24, 2.45) is 0 Å². The van der Waals surface area contributed by atoms with Crippen LogP contribution in [-0.2, 0) is 10.0 Å². The van der Waals surface area contributed by atoms with Crippen molar-refractivity contribution >= 4 is 32.4 Å². The average molecular weight is 472 g/mol. The predicted molar refractivity (Wildman–Crippen MR) is 126 cm³/mol. The van der Waals surface area contributed by atoms with E-state index in [9.17, 15) is 13.2 Å². The maximum Gasteiger partial charge on any atom is 0.257 e. The Morgan fingerprint density at radius 3 is 2.69 bits per heavy atom. The van der Waals surface area contributed by atoms with E-state index in [1.807, 2.05) is 36.6 Å². The summed E-state index contributed by atoms with van der Waals surface area (Å²) in [5.41, 5.74) is 1.83. The molecule has 4 rings (SSSR count). The van der Waals surface area contributed by atoms with Gasteiger partial charge in [0.2, 0.25) is 10.0 Å². The number of ether oxygens (including phenoxy) is 1. The molecule has 1 aromatic heterocycles. The van der Waals surface area contributed by atoms with Crippen LogP contribution in [0.1, 0.15) is 36.5 Å². The molecule has 9 heteroatoms. The normalized spacial score (nSPS) is 14.8. The third kappa shape index (κ3) is 4.85. The van der Waals surface area contributed by atoms with E-state index in [0.717, 1.165) is 30.6 Å². The third-order valence-corrected chi connectivity index (χ3v) is 7.89. The topological polar surface area (TPSA) is 88.6 Å². The lowest BCUT2D eigenvalue weighted by atomic mass is 10.1. The number of piperidine rings is 1. The minimum atomic E-state index is -3.61. The summed E-state index contributed by atoms with van der Waals surface area (Å²) in [6.07, 6.45) is 2.76. The molecule has 2 heterocycles. The van der Waals surface area contributed by atoms with Gasteiger partial charge in [-0.3, -0.25) is 10.1 Å². The van der Waals surface area contributed by atoms with Crippen LogP contribution in [0.5, 0.6) is 5.75 Å². The van der Waals surface area contributed by atoms with Gasteiger partial charge in [0, 0.05) is 29.6 Å². The largest absolute Gasteiger partial charge is 0.493 e. The molecule has 1 saturated heterocycles. The van der Waals surface area contributed by atoms with Crippen LogP contribution < -0.4 is 10.1 Å². The number of thiazole rings is 1. The van der Waals surface area contributed by atoms with Crippen molar-refractivity contribution in [1.82, 2.24) is 9.29 Å². The van der Waals surface area contributed by atoms with E-state index in [2.05, 4.69) is 10.3 Å². The highest BCUT2D eigenvalue weighted by Crippen LogP contribution is 2.32. The molecule has 0 atom stereocenters. The lowest BCUT2D eigenvalue weighted by molar-refractivity contribution is 0.102. The zero-order valence-corrected chi connectivity index (χ0v) is 19.4. The van der Waals surface area contributed by atoms with Crippen LogP contribution in [0.2, 0.25) is 0 Å². The number of hydrogen-bond donors (Lipinski definition) is 1. The monoisotopic (exact) mass is 471 g/mol. The molecule has 1 aliphatic rings. The first kappa shape index (κ1) is 22.4. The summed E-state index contributed by atoms with van der Waals surface area (Å²) >= 11 is 1.30. The quantitative estimate of drug-likeness (QED) is 0.542. The molecule has 1 aliphatic heterocycles. The Morgan fingerprint density at radius 1 is 1.12 bits per heavy atom. The standard InChI is InChI=1S/C23H25N3O4S2/c1-2-30-21-12-5-4-11-19(21)20-16-31-23(24-20)25-22(27)17-9-8-10-18(15-17)32(28,29)26-13-6-3-7-14-26/h4-5,8-12,15-16H,2-3,6-7,13-14H2,1H3,(H,24,25,27).